The number of hydrogen-bond donors (Lipinski definition) is 1. The lowest BCUT2D eigenvalue weighted by atomic mass is 10.2. The van der Waals surface area contributed by atoms with Gasteiger partial charge in [0.05, 0.1) is 11.4 Å². The molecule has 1 N–H and O–H groups in total. The van der Waals surface area contributed by atoms with Gasteiger partial charge in [0, 0.05) is 47.8 Å². The molecule has 1 fully saturated rings. The van der Waals surface area contributed by atoms with E-state index in [1.54, 1.807) is 28.8 Å². The number of aromatic amines is 1. The number of carbonyl (C=O) groups is 1. The SMILES string of the molecule is O=C(CSc1nc2c([nH]c3ccccc32)c(=O)n1-c1ccc(Cl)cc1)N1CCN(c2ccccc2)CC1. The topological polar surface area (TPSA) is 74.2 Å². The van der Waals surface area contributed by atoms with E-state index in [4.69, 9.17) is 16.6 Å². The van der Waals surface area contributed by atoms with Crippen molar-refractivity contribution in [1.82, 2.24) is 19.4 Å². The third-order valence-corrected chi connectivity index (χ3v) is 7.83. The Balaban J connectivity index is 1.28. The number of para-hydroxylation sites is 2. The number of piperazine rings is 1. The van der Waals surface area contributed by atoms with Crippen LogP contribution >= 0.6 is 23.4 Å². The average molecular weight is 530 g/mol. The predicted octanol–water partition coefficient (Wildman–Crippen LogP) is 4.96. The molecule has 0 radical (unpaired) electrons. The molecule has 0 bridgehead atoms. The predicted molar refractivity (Wildman–Crippen MR) is 150 cm³/mol. The molecule has 186 valence electrons. The summed E-state index contributed by atoms with van der Waals surface area (Å²) in [7, 11) is 0. The van der Waals surface area contributed by atoms with Crippen molar-refractivity contribution < 1.29 is 4.79 Å². The van der Waals surface area contributed by atoms with Crippen LogP contribution in [0.1, 0.15) is 0 Å². The molecule has 0 spiro atoms. The molecule has 0 unspecified atom stereocenters. The van der Waals surface area contributed by atoms with Crippen LogP contribution in [0.5, 0.6) is 0 Å². The van der Waals surface area contributed by atoms with Gasteiger partial charge >= 0.3 is 0 Å². The number of fused-ring (bicyclic) bond motifs is 3. The van der Waals surface area contributed by atoms with Gasteiger partial charge in [0.1, 0.15) is 11.0 Å². The van der Waals surface area contributed by atoms with Crippen LogP contribution in [0, 0.1) is 0 Å². The van der Waals surface area contributed by atoms with E-state index >= 15 is 0 Å². The van der Waals surface area contributed by atoms with Crippen molar-refractivity contribution in [3.8, 4) is 5.69 Å². The number of benzene rings is 3. The van der Waals surface area contributed by atoms with Gasteiger partial charge in [-0.3, -0.25) is 14.2 Å². The Morgan fingerprint density at radius 1 is 0.892 bits per heavy atom. The Bertz CT molecular complexity index is 1640. The molecule has 3 aromatic carbocycles. The van der Waals surface area contributed by atoms with Crippen molar-refractivity contribution in [1.29, 1.82) is 0 Å². The number of rotatable bonds is 5. The third-order valence-electron chi connectivity index (χ3n) is 6.66. The van der Waals surface area contributed by atoms with E-state index in [9.17, 15) is 9.59 Å². The van der Waals surface area contributed by atoms with Gasteiger partial charge in [-0.2, -0.15) is 0 Å². The summed E-state index contributed by atoms with van der Waals surface area (Å²) >= 11 is 7.38. The molecule has 1 saturated heterocycles. The maximum atomic E-state index is 13.7. The van der Waals surface area contributed by atoms with Crippen LogP contribution in [0.15, 0.2) is 88.8 Å². The first kappa shape index (κ1) is 23.6. The summed E-state index contributed by atoms with van der Waals surface area (Å²) in [4.78, 5) is 39.1. The molecule has 1 aliphatic heterocycles. The third kappa shape index (κ3) is 4.58. The fraction of sp³-hybridized carbons (Fsp3) is 0.179. The minimum Gasteiger partial charge on any atom is -0.368 e. The van der Waals surface area contributed by atoms with Crippen LogP contribution in [-0.4, -0.2) is 57.3 Å². The molecule has 0 aliphatic carbocycles. The fourth-order valence-corrected chi connectivity index (χ4v) is 5.76. The van der Waals surface area contributed by atoms with E-state index in [1.165, 1.54) is 17.4 Å². The number of H-pyrrole nitrogens is 1. The summed E-state index contributed by atoms with van der Waals surface area (Å²) < 4.78 is 1.55. The number of aromatic nitrogens is 3. The van der Waals surface area contributed by atoms with Crippen LogP contribution in [-0.2, 0) is 4.79 Å². The summed E-state index contributed by atoms with van der Waals surface area (Å²) in [6.07, 6.45) is 0. The molecule has 5 aromatic rings. The van der Waals surface area contributed by atoms with Crippen molar-refractivity contribution in [2.24, 2.45) is 0 Å². The molecule has 9 heteroatoms. The first-order valence-electron chi connectivity index (χ1n) is 12.1. The zero-order chi connectivity index (χ0) is 25.4. The van der Waals surface area contributed by atoms with Gasteiger partial charge in [0.2, 0.25) is 5.91 Å². The van der Waals surface area contributed by atoms with Gasteiger partial charge in [0.25, 0.3) is 5.56 Å². The van der Waals surface area contributed by atoms with Crippen LogP contribution in [0.3, 0.4) is 0 Å². The molecule has 3 heterocycles. The highest BCUT2D eigenvalue weighted by Crippen LogP contribution is 2.27. The van der Waals surface area contributed by atoms with E-state index in [0.29, 0.717) is 40.0 Å². The van der Waals surface area contributed by atoms with E-state index < -0.39 is 0 Å². The highest BCUT2D eigenvalue weighted by molar-refractivity contribution is 7.99. The minimum absolute atomic E-state index is 0.0358. The lowest BCUT2D eigenvalue weighted by molar-refractivity contribution is -0.128. The minimum atomic E-state index is -0.213. The lowest BCUT2D eigenvalue weighted by Crippen LogP contribution is -2.49. The number of nitrogens with zero attached hydrogens (tertiary/aromatic N) is 4. The standard InChI is InChI=1S/C28H24ClN5O2S/c29-19-10-12-21(13-11-19)34-27(36)26-25(22-8-4-5-9-23(22)30-26)31-28(34)37-18-24(35)33-16-14-32(15-17-33)20-6-2-1-3-7-20/h1-13,30H,14-18H2. The Hall–Kier alpha value is -3.75. The van der Waals surface area contributed by atoms with Gasteiger partial charge in [0.15, 0.2) is 5.16 Å². The number of nitrogens with one attached hydrogen (secondary N) is 1. The smallest absolute Gasteiger partial charge is 0.283 e. The summed E-state index contributed by atoms with van der Waals surface area (Å²) in [5.41, 5.74) is 3.50. The second-order valence-electron chi connectivity index (χ2n) is 8.90. The molecule has 1 amide bonds. The molecule has 1 aliphatic rings. The van der Waals surface area contributed by atoms with Crippen molar-refractivity contribution >= 4 is 56.9 Å². The largest absolute Gasteiger partial charge is 0.368 e. The Morgan fingerprint density at radius 2 is 1.59 bits per heavy atom. The second-order valence-corrected chi connectivity index (χ2v) is 10.3. The van der Waals surface area contributed by atoms with E-state index in [-0.39, 0.29) is 17.2 Å². The van der Waals surface area contributed by atoms with Crippen LogP contribution < -0.4 is 10.5 Å². The van der Waals surface area contributed by atoms with Gasteiger partial charge in [-0.05, 0) is 42.5 Å². The first-order chi connectivity index (χ1) is 18.1. The summed E-state index contributed by atoms with van der Waals surface area (Å²) in [5.74, 6) is 0.229. The van der Waals surface area contributed by atoms with Crippen molar-refractivity contribution in [2.75, 3.05) is 36.8 Å². The maximum absolute atomic E-state index is 13.7. The van der Waals surface area contributed by atoms with Gasteiger partial charge in [-0.25, -0.2) is 4.98 Å². The summed E-state index contributed by atoms with van der Waals surface area (Å²) in [5, 5.41) is 1.93. The highest BCUT2D eigenvalue weighted by atomic mass is 35.5. The monoisotopic (exact) mass is 529 g/mol. The van der Waals surface area contributed by atoms with Crippen molar-refractivity contribution in [3.63, 3.8) is 0 Å². The number of carbonyl (C=O) groups excluding carboxylic acids is 1. The lowest BCUT2D eigenvalue weighted by Gasteiger charge is -2.36. The maximum Gasteiger partial charge on any atom is 0.283 e. The molecular formula is C28H24ClN5O2S. The zero-order valence-electron chi connectivity index (χ0n) is 19.9. The molecular weight excluding hydrogens is 506 g/mol. The van der Waals surface area contributed by atoms with Crippen LogP contribution in [0.4, 0.5) is 5.69 Å². The number of halogens is 1. The normalized spacial score (nSPS) is 14.0. The van der Waals surface area contributed by atoms with E-state index in [1.807, 2.05) is 47.4 Å². The Morgan fingerprint density at radius 3 is 2.35 bits per heavy atom. The zero-order valence-corrected chi connectivity index (χ0v) is 21.5. The quantitative estimate of drug-likeness (QED) is 0.257. The van der Waals surface area contributed by atoms with Crippen LogP contribution in [0.2, 0.25) is 5.02 Å². The Kier molecular flexibility index (Phi) is 6.36. The van der Waals surface area contributed by atoms with Crippen LogP contribution in [0.25, 0.3) is 27.6 Å². The summed E-state index contributed by atoms with van der Waals surface area (Å²) in [6, 6.07) is 25.0. The number of hydrogen-bond acceptors (Lipinski definition) is 5. The number of amides is 1. The van der Waals surface area contributed by atoms with Gasteiger partial charge in [-0.1, -0.05) is 59.8 Å². The highest BCUT2D eigenvalue weighted by Gasteiger charge is 2.23. The van der Waals surface area contributed by atoms with Gasteiger partial charge in [-0.15, -0.1) is 0 Å². The molecule has 37 heavy (non-hydrogen) atoms. The molecule has 0 saturated carbocycles. The molecule has 2 aromatic heterocycles. The second kappa shape index (κ2) is 9.95. The van der Waals surface area contributed by atoms with Crippen molar-refractivity contribution in [2.45, 2.75) is 5.16 Å². The summed E-state index contributed by atoms with van der Waals surface area (Å²) in [6.45, 7) is 2.89. The van der Waals surface area contributed by atoms with Gasteiger partial charge < -0.3 is 14.8 Å². The fourth-order valence-electron chi connectivity index (χ4n) is 4.73. The molecule has 0 atom stereocenters. The average Bonchev–Trinajstić information content (AvgIpc) is 3.32. The first-order valence-corrected chi connectivity index (χ1v) is 13.4. The Labute approximate surface area is 222 Å². The van der Waals surface area contributed by atoms with E-state index in [2.05, 4.69) is 22.0 Å². The number of thioether (sulfide) groups is 1. The van der Waals surface area contributed by atoms with Crippen molar-refractivity contribution in [3.05, 3.63) is 94.2 Å². The molecule has 7 nitrogen and oxygen atoms in total. The number of anilines is 1. The molecule has 6 rings (SSSR count). The van der Waals surface area contributed by atoms with E-state index in [0.717, 1.165) is 24.0 Å².